The Kier molecular flexibility index (Phi) is 10.3. The summed E-state index contributed by atoms with van der Waals surface area (Å²) in [4.78, 5) is 12.5. The molecule has 1 aliphatic rings. The van der Waals surface area contributed by atoms with Crippen LogP contribution in [0.5, 0.6) is 17.4 Å². The van der Waals surface area contributed by atoms with E-state index < -0.39 is 12.8 Å². The predicted molar refractivity (Wildman–Crippen MR) is 126 cm³/mol. The quantitative estimate of drug-likeness (QED) is 0.487. The number of carbonyl (C=O) groups excluding carboxylic acids is 1. The first-order valence-electron chi connectivity index (χ1n) is 10.2. The van der Waals surface area contributed by atoms with Gasteiger partial charge in [0.2, 0.25) is 6.41 Å². The number of pyridine rings is 2. The average molecular weight is 519 g/mol. The second-order valence-corrected chi connectivity index (χ2v) is 9.43. The van der Waals surface area contributed by atoms with E-state index in [1.54, 1.807) is 17.0 Å². The van der Waals surface area contributed by atoms with Gasteiger partial charge >= 0.3 is 6.18 Å². The van der Waals surface area contributed by atoms with E-state index in [0.29, 0.717) is 5.75 Å². The van der Waals surface area contributed by atoms with E-state index in [0.717, 1.165) is 30.8 Å². The summed E-state index contributed by atoms with van der Waals surface area (Å²) in [5.41, 5.74) is 4.67. The lowest BCUT2D eigenvalue weighted by atomic mass is 9.81. The molecule has 3 N–H and O–H groups in total. The van der Waals surface area contributed by atoms with Crippen molar-refractivity contribution in [2.24, 2.45) is 11.1 Å². The fraction of sp³-hybridized carbons (Fsp3) is 0.409. The number of primary amides is 1. The van der Waals surface area contributed by atoms with Crippen LogP contribution in [-0.2, 0) is 4.79 Å². The Hall–Kier alpha value is -2.66. The molecule has 2 aromatic heterocycles. The average Bonchev–Trinajstić information content (AvgIpc) is 2.76. The van der Waals surface area contributed by atoms with Crippen molar-refractivity contribution in [3.8, 4) is 17.4 Å². The van der Waals surface area contributed by atoms with Crippen molar-refractivity contribution in [2.45, 2.75) is 32.4 Å². The maximum Gasteiger partial charge on any atom is 0.422 e. The van der Waals surface area contributed by atoms with Gasteiger partial charge < -0.3 is 19.8 Å². The number of aromatic nitrogens is 2. The Morgan fingerprint density at radius 1 is 1.35 bits per heavy atom. The zero-order valence-corrected chi connectivity index (χ0v) is 20.1. The lowest BCUT2D eigenvalue weighted by Gasteiger charge is -2.32. The van der Waals surface area contributed by atoms with Gasteiger partial charge in [0.15, 0.2) is 12.4 Å². The molecule has 1 saturated heterocycles. The van der Waals surface area contributed by atoms with E-state index >= 15 is 0 Å². The zero-order valence-electron chi connectivity index (χ0n) is 18.5. The van der Waals surface area contributed by atoms with Crippen molar-refractivity contribution in [3.05, 3.63) is 47.2 Å². The third-order valence-corrected chi connectivity index (χ3v) is 6.11. The molecule has 0 radical (unpaired) electrons. The van der Waals surface area contributed by atoms with Gasteiger partial charge in [0.25, 0.3) is 5.88 Å². The summed E-state index contributed by atoms with van der Waals surface area (Å²) in [7, 11) is 0. The molecule has 0 bridgehead atoms. The van der Waals surface area contributed by atoms with Gasteiger partial charge in [-0.25, -0.2) is 4.98 Å². The Balaban J connectivity index is 0.00000129. The van der Waals surface area contributed by atoms with Gasteiger partial charge in [-0.3, -0.25) is 10.2 Å². The molecule has 0 spiro atoms. The first-order valence-corrected chi connectivity index (χ1v) is 11.8. The number of alkyl halides is 3. The highest BCUT2D eigenvalue weighted by atomic mass is 35.5. The van der Waals surface area contributed by atoms with Crippen LogP contribution in [0.4, 0.5) is 13.2 Å². The second-order valence-electron chi connectivity index (χ2n) is 7.77. The van der Waals surface area contributed by atoms with Crippen LogP contribution in [0.1, 0.15) is 26.2 Å². The second kappa shape index (κ2) is 12.7. The van der Waals surface area contributed by atoms with Gasteiger partial charge in [-0.15, -0.1) is 0 Å². The summed E-state index contributed by atoms with van der Waals surface area (Å²) in [5.74, 6) is 2.26. The number of ether oxygens (including phenoxy) is 2. The molecular weight excluding hydrogens is 493 g/mol. The zero-order chi connectivity index (χ0) is 25.2. The largest absolute Gasteiger partial charge is 0.478 e. The number of nitrogens with two attached hydrogens (primary N) is 1. The number of halogens is 4. The minimum absolute atomic E-state index is 0.124. The van der Waals surface area contributed by atoms with Crippen LogP contribution < -0.4 is 20.7 Å². The van der Waals surface area contributed by atoms with Crippen LogP contribution in [0.15, 0.2) is 36.7 Å². The van der Waals surface area contributed by atoms with Gasteiger partial charge in [0.05, 0.1) is 11.2 Å². The number of hydrogen-bond acceptors (Lipinski definition) is 6. The molecule has 0 aliphatic carbocycles. The molecular formula is C22H26ClF3N4O3S. The fourth-order valence-corrected chi connectivity index (χ4v) is 4.69. The minimum Gasteiger partial charge on any atom is -0.478 e. The van der Waals surface area contributed by atoms with Crippen molar-refractivity contribution in [1.29, 1.82) is 5.41 Å². The Morgan fingerprint density at radius 3 is 2.68 bits per heavy atom. The summed E-state index contributed by atoms with van der Waals surface area (Å²) in [6, 6.07) is 4.28. The Morgan fingerprint density at radius 2 is 2.03 bits per heavy atom. The first-order chi connectivity index (χ1) is 16.0. The molecule has 186 valence electrons. The number of allylic oxidation sites excluding steroid dienone is 1. The fourth-order valence-electron chi connectivity index (χ4n) is 3.06. The molecule has 0 unspecified atom stereocenters. The van der Waals surface area contributed by atoms with Gasteiger partial charge in [-0.2, -0.15) is 24.9 Å². The van der Waals surface area contributed by atoms with Crippen LogP contribution >= 0.6 is 23.4 Å². The third-order valence-electron chi connectivity index (χ3n) is 4.92. The van der Waals surface area contributed by atoms with E-state index in [4.69, 9.17) is 31.3 Å². The van der Waals surface area contributed by atoms with E-state index in [1.165, 1.54) is 24.4 Å². The van der Waals surface area contributed by atoms with E-state index in [-0.39, 0.29) is 34.0 Å². The molecule has 2 aromatic rings. The molecule has 34 heavy (non-hydrogen) atoms. The van der Waals surface area contributed by atoms with Crippen molar-refractivity contribution < 1.29 is 27.4 Å². The molecule has 1 amide bonds. The summed E-state index contributed by atoms with van der Waals surface area (Å²) in [5, 5.41) is 8.22. The molecule has 0 aromatic carbocycles. The molecule has 0 saturated carbocycles. The molecule has 7 nitrogen and oxygen atoms in total. The first kappa shape index (κ1) is 27.6. The number of nitrogens with one attached hydrogen (secondary N) is 1. The number of thioether (sulfide) groups is 1. The normalized spacial score (nSPS) is 15.3. The van der Waals surface area contributed by atoms with E-state index in [2.05, 4.69) is 17.6 Å². The molecule has 0 atom stereocenters. The van der Waals surface area contributed by atoms with E-state index in [9.17, 15) is 13.2 Å². The number of amides is 1. The maximum atomic E-state index is 12.5. The van der Waals surface area contributed by atoms with Crippen molar-refractivity contribution in [1.82, 2.24) is 9.55 Å². The highest BCUT2D eigenvalue weighted by Crippen LogP contribution is 2.38. The van der Waals surface area contributed by atoms with Gasteiger partial charge in [0, 0.05) is 18.5 Å². The van der Waals surface area contributed by atoms with Crippen LogP contribution in [0.25, 0.3) is 6.20 Å². The summed E-state index contributed by atoms with van der Waals surface area (Å²) in [6.07, 6.45) is 5.63. The predicted octanol–water partition coefficient (Wildman–Crippen LogP) is 5.24. The van der Waals surface area contributed by atoms with Crippen LogP contribution in [0.3, 0.4) is 0 Å². The number of rotatable bonds is 7. The van der Waals surface area contributed by atoms with Crippen LogP contribution in [0, 0.1) is 10.8 Å². The number of hydrogen-bond donors (Lipinski definition) is 2. The van der Waals surface area contributed by atoms with Crippen molar-refractivity contribution in [3.63, 3.8) is 0 Å². The number of carbonyl (C=O) groups is 1. The monoisotopic (exact) mass is 518 g/mol. The van der Waals surface area contributed by atoms with Gasteiger partial charge in [-0.05, 0) is 48.3 Å². The standard InChI is InChI=1S/C21H23ClF3N3O2S.CH3NO/c1-20(6-9-31-10-7-20)5-2-8-28-13-16(3-4-18(28)26)30-19-17(11-15(22)12-27-19)29-14-21(23,24)25;2-1-3/h2-4,8,11-13,26H,5-7,9-10,14H2,1H3;1H,(H2,2,3)/b8-2+,26-18?;. The summed E-state index contributed by atoms with van der Waals surface area (Å²) >= 11 is 7.81. The third kappa shape index (κ3) is 9.30. The Labute approximate surface area is 204 Å². The van der Waals surface area contributed by atoms with Crippen LogP contribution in [0.2, 0.25) is 5.02 Å². The minimum atomic E-state index is -4.51. The summed E-state index contributed by atoms with van der Waals surface area (Å²) in [6.45, 7) is 0.786. The maximum absolute atomic E-state index is 12.5. The van der Waals surface area contributed by atoms with Crippen molar-refractivity contribution >= 4 is 36.0 Å². The van der Waals surface area contributed by atoms with Crippen molar-refractivity contribution in [2.75, 3.05) is 18.1 Å². The number of nitrogens with zero attached hydrogens (tertiary/aromatic N) is 2. The topological polar surface area (TPSA) is 103 Å². The van der Waals surface area contributed by atoms with Gasteiger partial charge in [-0.1, -0.05) is 24.6 Å². The smallest absolute Gasteiger partial charge is 0.422 e. The molecule has 1 aliphatic heterocycles. The summed E-state index contributed by atoms with van der Waals surface area (Å²) < 4.78 is 49.6. The molecule has 1 fully saturated rings. The van der Waals surface area contributed by atoms with Gasteiger partial charge in [0.1, 0.15) is 11.2 Å². The molecule has 12 heteroatoms. The molecule has 3 heterocycles. The van der Waals surface area contributed by atoms with E-state index in [1.807, 2.05) is 17.8 Å². The SMILES string of the molecule is CC1(C/C=C/n2cc(Oc3ncc(Cl)cc3OCC(F)(F)F)ccc2=N)CCSCC1.NC=O. The lowest BCUT2D eigenvalue weighted by molar-refractivity contribution is -0.153. The highest BCUT2D eigenvalue weighted by Gasteiger charge is 2.29. The Bertz CT molecular complexity index is 1040. The van der Waals surface area contributed by atoms with Crippen LogP contribution in [-0.4, -0.2) is 40.3 Å². The lowest BCUT2D eigenvalue weighted by Crippen LogP contribution is -2.22. The molecule has 3 rings (SSSR count). The highest BCUT2D eigenvalue weighted by molar-refractivity contribution is 7.99.